The fourth-order valence-electron chi connectivity index (χ4n) is 4.06. The van der Waals surface area contributed by atoms with Crippen LogP contribution < -0.4 is 5.73 Å². The molecule has 4 aromatic rings. The van der Waals surface area contributed by atoms with Crippen LogP contribution in [0, 0.1) is 5.82 Å². The van der Waals surface area contributed by atoms with Gasteiger partial charge >= 0.3 is 0 Å². The van der Waals surface area contributed by atoms with Crippen LogP contribution in [0.2, 0.25) is 0 Å². The number of rotatable bonds is 3. The van der Waals surface area contributed by atoms with Gasteiger partial charge < -0.3 is 10.2 Å². The van der Waals surface area contributed by atoms with Gasteiger partial charge in [-0.15, -0.1) is 0 Å². The summed E-state index contributed by atoms with van der Waals surface area (Å²) >= 11 is 0. The van der Waals surface area contributed by atoms with Gasteiger partial charge in [0.1, 0.15) is 17.2 Å². The molecule has 142 valence electrons. The summed E-state index contributed by atoms with van der Waals surface area (Å²) in [5.41, 5.74) is 8.59. The Morgan fingerprint density at radius 1 is 1.07 bits per heavy atom. The summed E-state index contributed by atoms with van der Waals surface area (Å²) in [6.45, 7) is 2.63. The first-order chi connectivity index (χ1) is 13.7. The molecule has 0 spiro atoms. The molecule has 0 aliphatic carbocycles. The number of nitrogens with zero attached hydrogens (tertiary/aromatic N) is 2. The van der Waals surface area contributed by atoms with Crippen molar-refractivity contribution < 1.29 is 8.81 Å². The predicted octanol–water partition coefficient (Wildman–Crippen LogP) is 4.71. The zero-order valence-electron chi connectivity index (χ0n) is 15.6. The number of para-hydroxylation sites is 1. The van der Waals surface area contributed by atoms with Crippen molar-refractivity contribution in [3.63, 3.8) is 0 Å². The van der Waals surface area contributed by atoms with E-state index in [1.807, 2.05) is 30.3 Å². The lowest BCUT2D eigenvalue weighted by molar-refractivity contribution is 0.205. The minimum absolute atomic E-state index is 0.244. The Labute approximate surface area is 162 Å². The number of hydrogen-bond acceptors (Lipinski definition) is 4. The van der Waals surface area contributed by atoms with E-state index in [2.05, 4.69) is 16.0 Å². The van der Waals surface area contributed by atoms with Crippen molar-refractivity contribution in [2.45, 2.75) is 25.4 Å². The van der Waals surface area contributed by atoms with E-state index in [9.17, 15) is 4.39 Å². The van der Waals surface area contributed by atoms with Crippen LogP contribution in [0.25, 0.3) is 33.1 Å². The van der Waals surface area contributed by atoms with Crippen molar-refractivity contribution in [3.05, 3.63) is 66.2 Å². The maximum Gasteiger partial charge on any atom is 0.137 e. The van der Waals surface area contributed by atoms with Crippen LogP contribution in [-0.4, -0.2) is 29.0 Å². The normalized spacial score (nSPS) is 16.2. The van der Waals surface area contributed by atoms with Gasteiger partial charge in [0.05, 0.1) is 0 Å². The summed E-state index contributed by atoms with van der Waals surface area (Å²) in [5, 5.41) is 2.37. The number of likely N-dealkylation sites (tertiary alicyclic amines) is 1. The van der Waals surface area contributed by atoms with Crippen molar-refractivity contribution in [1.29, 1.82) is 0 Å². The maximum absolute atomic E-state index is 14.9. The molecule has 0 radical (unpaired) electrons. The molecule has 2 aromatic carbocycles. The van der Waals surface area contributed by atoms with Crippen LogP contribution in [0.1, 0.15) is 18.4 Å². The van der Waals surface area contributed by atoms with Gasteiger partial charge in [-0.05, 0) is 61.1 Å². The van der Waals surface area contributed by atoms with Gasteiger partial charge in [0.25, 0.3) is 0 Å². The zero-order valence-corrected chi connectivity index (χ0v) is 15.6. The van der Waals surface area contributed by atoms with Crippen molar-refractivity contribution >= 4 is 21.7 Å². The smallest absolute Gasteiger partial charge is 0.137 e. The van der Waals surface area contributed by atoms with Crippen LogP contribution in [0.3, 0.4) is 0 Å². The second-order valence-electron chi connectivity index (χ2n) is 7.62. The molecule has 3 heterocycles. The molecule has 0 unspecified atom stereocenters. The fraction of sp³-hybridized carbons (Fsp3) is 0.261. The summed E-state index contributed by atoms with van der Waals surface area (Å²) in [5.74, 6) is 0.464. The van der Waals surface area contributed by atoms with Crippen LogP contribution in [0.5, 0.6) is 0 Å². The first-order valence-electron chi connectivity index (χ1n) is 9.70. The van der Waals surface area contributed by atoms with E-state index in [0.717, 1.165) is 60.0 Å². The number of pyridine rings is 1. The highest BCUT2D eigenvalue weighted by Crippen LogP contribution is 2.34. The second kappa shape index (κ2) is 7.00. The molecule has 0 amide bonds. The van der Waals surface area contributed by atoms with E-state index in [1.165, 1.54) is 0 Å². The maximum atomic E-state index is 14.9. The summed E-state index contributed by atoms with van der Waals surface area (Å²) in [4.78, 5) is 6.59. The van der Waals surface area contributed by atoms with Crippen molar-refractivity contribution in [1.82, 2.24) is 9.88 Å². The highest BCUT2D eigenvalue weighted by Gasteiger charge is 2.18. The lowest BCUT2D eigenvalue weighted by Gasteiger charge is -2.30. The summed E-state index contributed by atoms with van der Waals surface area (Å²) in [6.07, 6.45) is 5.32. The molecular formula is C23H22FN3O. The average molecular weight is 375 g/mol. The Morgan fingerprint density at radius 2 is 1.89 bits per heavy atom. The van der Waals surface area contributed by atoms with Crippen LogP contribution in [-0.2, 0) is 6.54 Å². The molecule has 1 saturated heterocycles. The summed E-state index contributed by atoms with van der Waals surface area (Å²) in [7, 11) is 0. The molecule has 1 aliphatic heterocycles. The van der Waals surface area contributed by atoms with E-state index in [0.29, 0.717) is 11.1 Å². The van der Waals surface area contributed by atoms with Gasteiger partial charge in [0.15, 0.2) is 0 Å². The third-order valence-electron chi connectivity index (χ3n) is 5.62. The Bertz CT molecular complexity index is 1110. The Kier molecular flexibility index (Phi) is 4.34. The molecule has 5 rings (SSSR count). The van der Waals surface area contributed by atoms with Crippen molar-refractivity contribution in [2.24, 2.45) is 5.73 Å². The van der Waals surface area contributed by atoms with Crippen molar-refractivity contribution in [2.75, 3.05) is 13.1 Å². The van der Waals surface area contributed by atoms with Gasteiger partial charge in [-0.3, -0.25) is 9.88 Å². The molecule has 0 atom stereocenters. The third kappa shape index (κ3) is 3.17. The number of nitrogens with two attached hydrogens (primary N) is 1. The monoisotopic (exact) mass is 375 g/mol. The van der Waals surface area contributed by atoms with Crippen LogP contribution in [0.15, 0.2) is 59.3 Å². The molecule has 1 aliphatic rings. The Balaban J connectivity index is 1.57. The van der Waals surface area contributed by atoms with Crippen LogP contribution >= 0.6 is 0 Å². The van der Waals surface area contributed by atoms with Crippen molar-refractivity contribution in [3.8, 4) is 11.3 Å². The van der Waals surface area contributed by atoms with Crippen LogP contribution in [0.4, 0.5) is 4.39 Å². The molecule has 2 aromatic heterocycles. The molecule has 1 fully saturated rings. The van der Waals surface area contributed by atoms with E-state index >= 15 is 0 Å². The first-order valence-corrected chi connectivity index (χ1v) is 9.70. The van der Waals surface area contributed by atoms with Gasteiger partial charge in [-0.1, -0.05) is 18.2 Å². The van der Waals surface area contributed by atoms with Gasteiger partial charge in [0, 0.05) is 41.3 Å². The van der Waals surface area contributed by atoms with E-state index in [1.54, 1.807) is 18.5 Å². The number of halogens is 1. The first kappa shape index (κ1) is 17.3. The van der Waals surface area contributed by atoms with Gasteiger partial charge in [-0.2, -0.15) is 0 Å². The lowest BCUT2D eigenvalue weighted by Crippen LogP contribution is -2.39. The number of furan rings is 1. The summed E-state index contributed by atoms with van der Waals surface area (Å²) in [6, 6.07) is 13.8. The molecule has 5 heteroatoms. The largest absolute Gasteiger partial charge is 0.456 e. The van der Waals surface area contributed by atoms with Gasteiger partial charge in [-0.25, -0.2) is 4.39 Å². The second-order valence-corrected chi connectivity index (χ2v) is 7.62. The number of benzene rings is 2. The highest BCUT2D eigenvalue weighted by atomic mass is 19.1. The number of hydrogen-bond donors (Lipinski definition) is 1. The Morgan fingerprint density at radius 3 is 2.71 bits per heavy atom. The lowest BCUT2D eigenvalue weighted by atomic mass is 10.0. The minimum Gasteiger partial charge on any atom is -0.456 e. The number of piperidine rings is 1. The highest BCUT2D eigenvalue weighted by molar-refractivity contribution is 5.97. The predicted molar refractivity (Wildman–Crippen MR) is 109 cm³/mol. The molecule has 0 bridgehead atoms. The SMILES string of the molecule is NC1CCN(Cc2cc(F)c3cncc(-c4cc5ccccc5o4)c3c2)CC1. The Hall–Kier alpha value is -2.76. The fourth-order valence-corrected chi connectivity index (χ4v) is 4.06. The molecular weight excluding hydrogens is 353 g/mol. The average Bonchev–Trinajstić information content (AvgIpc) is 3.13. The summed E-state index contributed by atoms with van der Waals surface area (Å²) < 4.78 is 20.9. The number of fused-ring (bicyclic) bond motifs is 2. The van der Waals surface area contributed by atoms with E-state index in [-0.39, 0.29) is 11.9 Å². The molecule has 4 nitrogen and oxygen atoms in total. The molecule has 2 N–H and O–H groups in total. The van der Waals surface area contributed by atoms with Gasteiger partial charge in [0.2, 0.25) is 0 Å². The molecule has 0 saturated carbocycles. The third-order valence-corrected chi connectivity index (χ3v) is 5.62. The quantitative estimate of drug-likeness (QED) is 0.563. The standard InChI is InChI=1S/C23H22FN3O/c24-21-10-15(14-27-7-5-17(25)6-8-27)9-18-19(21)12-26-13-20(18)23-11-16-3-1-2-4-22(16)28-23/h1-4,9-13,17H,5-8,14,25H2. The number of aromatic nitrogens is 1. The van der Waals surface area contributed by atoms with E-state index < -0.39 is 0 Å². The zero-order chi connectivity index (χ0) is 19.1. The molecule has 28 heavy (non-hydrogen) atoms. The minimum atomic E-state index is -0.244. The topological polar surface area (TPSA) is 55.3 Å². The van der Waals surface area contributed by atoms with E-state index in [4.69, 9.17) is 10.2 Å².